The monoisotopic (exact) mass is 500 g/mol. The molecule has 0 spiro atoms. The second-order valence-electron chi connectivity index (χ2n) is 11.2. The summed E-state index contributed by atoms with van der Waals surface area (Å²) in [6.07, 6.45) is -1.37. The SMILES string of the molecule is CC(C)(C)N1NC(=O)c2ccc(cc2)C(=O)NN(C(C)(C)C)C(c2ccccc2)OC1c1ccccc1. The Morgan fingerprint density at radius 3 is 1.19 bits per heavy atom. The summed E-state index contributed by atoms with van der Waals surface area (Å²) in [4.78, 5) is 26.8. The van der Waals surface area contributed by atoms with Gasteiger partial charge in [-0.05, 0) is 76.9 Å². The Balaban J connectivity index is 1.95. The summed E-state index contributed by atoms with van der Waals surface area (Å²) in [6.45, 7) is 12.1. The molecule has 2 unspecified atom stereocenters. The Hall–Kier alpha value is -3.52. The van der Waals surface area contributed by atoms with Crippen molar-refractivity contribution in [3.8, 4) is 0 Å². The smallest absolute Gasteiger partial charge is 0.265 e. The lowest BCUT2D eigenvalue weighted by atomic mass is 10.0. The molecule has 2 aliphatic heterocycles. The van der Waals surface area contributed by atoms with Gasteiger partial charge in [-0.15, -0.1) is 0 Å². The first-order valence-corrected chi connectivity index (χ1v) is 12.5. The summed E-state index contributed by atoms with van der Waals surface area (Å²) >= 11 is 0. The van der Waals surface area contributed by atoms with E-state index in [9.17, 15) is 9.59 Å². The van der Waals surface area contributed by atoms with E-state index < -0.39 is 23.5 Å². The lowest BCUT2D eigenvalue weighted by molar-refractivity contribution is -0.215. The number of amides is 2. The Morgan fingerprint density at radius 2 is 0.892 bits per heavy atom. The van der Waals surface area contributed by atoms with Crippen molar-refractivity contribution in [3.05, 3.63) is 107 Å². The second kappa shape index (κ2) is 10.5. The van der Waals surface area contributed by atoms with Gasteiger partial charge in [0.05, 0.1) is 0 Å². The summed E-state index contributed by atoms with van der Waals surface area (Å²) in [6, 6.07) is 26.2. The number of ether oxygens (including phenoxy) is 1. The molecule has 7 nitrogen and oxygen atoms in total. The van der Waals surface area contributed by atoms with E-state index in [4.69, 9.17) is 4.74 Å². The molecule has 0 aromatic heterocycles. The number of hydrazine groups is 2. The molecule has 5 rings (SSSR count). The molecule has 0 aliphatic carbocycles. The van der Waals surface area contributed by atoms with E-state index >= 15 is 0 Å². The molecule has 0 saturated heterocycles. The molecule has 0 saturated carbocycles. The summed E-state index contributed by atoms with van der Waals surface area (Å²) < 4.78 is 6.97. The lowest BCUT2D eigenvalue weighted by Crippen LogP contribution is -2.58. The molecule has 7 heteroatoms. The number of nitrogens with zero attached hydrogens (tertiary/aromatic N) is 2. The summed E-state index contributed by atoms with van der Waals surface area (Å²) in [7, 11) is 0. The highest BCUT2D eigenvalue weighted by Gasteiger charge is 2.39. The Bertz CT molecular complexity index is 1120. The molecule has 2 amide bonds. The maximum atomic E-state index is 13.4. The van der Waals surface area contributed by atoms with Gasteiger partial charge in [0, 0.05) is 22.2 Å². The van der Waals surface area contributed by atoms with Crippen molar-refractivity contribution < 1.29 is 14.3 Å². The predicted octanol–water partition coefficient (Wildman–Crippen LogP) is 5.61. The number of benzene rings is 3. The van der Waals surface area contributed by atoms with Gasteiger partial charge in [0.25, 0.3) is 11.8 Å². The topological polar surface area (TPSA) is 73.9 Å². The van der Waals surface area contributed by atoms with Crippen molar-refractivity contribution in [2.75, 3.05) is 0 Å². The van der Waals surface area contributed by atoms with E-state index in [-0.39, 0.29) is 11.8 Å². The van der Waals surface area contributed by atoms with Gasteiger partial charge in [0.2, 0.25) is 0 Å². The number of nitrogens with one attached hydrogen (secondary N) is 2. The van der Waals surface area contributed by atoms with Gasteiger partial charge >= 0.3 is 0 Å². The highest BCUT2D eigenvalue weighted by atomic mass is 16.5. The molecule has 2 atom stereocenters. The standard InChI is InChI=1S/C30H36N4O3/c1-29(2,3)33-27(23-13-9-7-10-14-23)37-28(24-15-11-8-12-16-24)34(30(4,5)6)32-26(36)22-19-17-21(18-20-22)25(35)31-33/h7-20,27-28H,1-6H3,(H,31,35)(H,32,36). The predicted molar refractivity (Wildman–Crippen MR) is 144 cm³/mol. The van der Waals surface area contributed by atoms with Crippen LogP contribution in [0.3, 0.4) is 0 Å². The first-order chi connectivity index (χ1) is 17.4. The largest absolute Gasteiger partial charge is 0.333 e. The normalized spacial score (nSPS) is 20.4. The average molecular weight is 501 g/mol. The molecule has 2 heterocycles. The second-order valence-corrected chi connectivity index (χ2v) is 11.2. The van der Waals surface area contributed by atoms with Crippen molar-refractivity contribution in [1.82, 2.24) is 20.9 Å². The van der Waals surface area contributed by atoms with Crippen LogP contribution in [-0.4, -0.2) is 32.9 Å². The molecular weight excluding hydrogens is 464 g/mol. The van der Waals surface area contributed by atoms with Gasteiger partial charge in [-0.1, -0.05) is 60.7 Å². The highest BCUT2D eigenvalue weighted by Crippen LogP contribution is 2.37. The van der Waals surface area contributed by atoms with Crippen LogP contribution >= 0.6 is 0 Å². The van der Waals surface area contributed by atoms with Crippen molar-refractivity contribution in [3.63, 3.8) is 0 Å². The summed E-state index contributed by atoms with van der Waals surface area (Å²) in [5, 5.41) is 3.68. The van der Waals surface area contributed by atoms with Gasteiger partial charge in [-0.2, -0.15) is 10.0 Å². The molecular formula is C30H36N4O3. The maximum Gasteiger partial charge on any atom is 0.265 e. The third kappa shape index (κ3) is 6.07. The average Bonchev–Trinajstić information content (AvgIpc) is 2.88. The van der Waals surface area contributed by atoms with Crippen LogP contribution in [0.4, 0.5) is 0 Å². The third-order valence-electron chi connectivity index (χ3n) is 6.19. The van der Waals surface area contributed by atoms with Gasteiger partial charge < -0.3 is 4.74 Å². The Kier molecular flexibility index (Phi) is 7.50. The zero-order valence-electron chi connectivity index (χ0n) is 22.4. The van der Waals surface area contributed by atoms with Crippen LogP contribution in [0, 0.1) is 0 Å². The number of hydrogen-bond acceptors (Lipinski definition) is 5. The first-order valence-electron chi connectivity index (χ1n) is 12.5. The minimum atomic E-state index is -0.684. The van der Waals surface area contributed by atoms with Crippen LogP contribution in [0.1, 0.15) is 85.8 Å². The van der Waals surface area contributed by atoms with Gasteiger partial charge in [-0.3, -0.25) is 20.4 Å². The number of hydrogen-bond donors (Lipinski definition) is 2. The minimum Gasteiger partial charge on any atom is -0.333 e. The molecule has 194 valence electrons. The van der Waals surface area contributed by atoms with Crippen molar-refractivity contribution in [2.24, 2.45) is 0 Å². The number of rotatable bonds is 2. The molecule has 2 bridgehead atoms. The minimum absolute atomic E-state index is 0.283. The third-order valence-corrected chi connectivity index (χ3v) is 6.19. The number of carbonyl (C=O) groups is 2. The molecule has 3 aromatic carbocycles. The van der Waals surface area contributed by atoms with Crippen LogP contribution < -0.4 is 10.9 Å². The van der Waals surface area contributed by atoms with E-state index in [0.29, 0.717) is 11.1 Å². The molecule has 37 heavy (non-hydrogen) atoms. The Labute approximate surface area is 219 Å². The van der Waals surface area contributed by atoms with Crippen molar-refractivity contribution in [2.45, 2.75) is 65.1 Å². The molecule has 3 aromatic rings. The molecule has 0 radical (unpaired) electrons. The maximum absolute atomic E-state index is 13.4. The van der Waals surface area contributed by atoms with Crippen LogP contribution in [-0.2, 0) is 4.74 Å². The summed E-state index contributed by atoms with van der Waals surface area (Å²) in [5.41, 5.74) is 7.79. The number of fused-ring (bicyclic) bond motifs is 10. The fourth-order valence-corrected chi connectivity index (χ4v) is 4.21. The zero-order chi connectivity index (χ0) is 26.8. The van der Waals surface area contributed by atoms with Gasteiger partial charge in [0.1, 0.15) is 0 Å². The van der Waals surface area contributed by atoms with Gasteiger partial charge in [-0.25, -0.2) is 0 Å². The zero-order valence-corrected chi connectivity index (χ0v) is 22.4. The first kappa shape index (κ1) is 26.5. The molecule has 0 fully saturated rings. The fraction of sp³-hybridized carbons (Fsp3) is 0.333. The highest BCUT2D eigenvalue weighted by molar-refractivity contribution is 5.97. The quantitative estimate of drug-likeness (QED) is 0.479. The lowest BCUT2D eigenvalue weighted by Gasteiger charge is -2.46. The van der Waals surface area contributed by atoms with E-state index in [0.717, 1.165) is 11.1 Å². The van der Waals surface area contributed by atoms with Gasteiger partial charge in [0.15, 0.2) is 12.5 Å². The van der Waals surface area contributed by atoms with Crippen LogP contribution in [0.15, 0.2) is 84.9 Å². The summed E-state index contributed by atoms with van der Waals surface area (Å²) in [5.74, 6) is -0.566. The molecule has 2 N–H and O–H groups in total. The van der Waals surface area contributed by atoms with Crippen LogP contribution in [0.25, 0.3) is 0 Å². The van der Waals surface area contributed by atoms with Crippen LogP contribution in [0.2, 0.25) is 0 Å². The van der Waals surface area contributed by atoms with E-state index in [2.05, 4.69) is 10.9 Å². The van der Waals surface area contributed by atoms with Crippen molar-refractivity contribution >= 4 is 11.8 Å². The molecule has 2 aliphatic rings. The van der Waals surface area contributed by atoms with E-state index in [1.807, 2.05) is 112 Å². The Morgan fingerprint density at radius 1 is 0.568 bits per heavy atom. The van der Waals surface area contributed by atoms with Crippen molar-refractivity contribution in [1.29, 1.82) is 0 Å². The van der Waals surface area contributed by atoms with E-state index in [1.54, 1.807) is 24.3 Å². The van der Waals surface area contributed by atoms with Crippen LogP contribution in [0.5, 0.6) is 0 Å². The van der Waals surface area contributed by atoms with E-state index in [1.165, 1.54) is 0 Å². The number of carbonyl (C=O) groups excluding carboxylic acids is 2. The fourth-order valence-electron chi connectivity index (χ4n) is 4.21.